The summed E-state index contributed by atoms with van der Waals surface area (Å²) in [6.45, 7) is 5.72. The molecule has 0 aromatic heterocycles. The van der Waals surface area contributed by atoms with E-state index in [0.717, 1.165) is 13.1 Å². The average Bonchev–Trinajstić information content (AvgIpc) is 2.32. The van der Waals surface area contributed by atoms with Crippen LogP contribution in [0.1, 0.15) is 13.8 Å². The number of hydrogen-bond donors (Lipinski definition) is 2. The fourth-order valence-electron chi connectivity index (χ4n) is 1.43. The highest BCUT2D eigenvalue weighted by Crippen LogP contribution is 2.07. The van der Waals surface area contributed by atoms with E-state index in [-0.39, 0.29) is 12.1 Å². The van der Waals surface area contributed by atoms with Crippen LogP contribution >= 0.6 is 0 Å². The van der Waals surface area contributed by atoms with Crippen molar-refractivity contribution in [3.8, 4) is 0 Å². The molecule has 0 aliphatic carbocycles. The molecule has 0 aromatic rings. The number of carbonyl (C=O) groups is 1. The SMILES string of the molecule is CNCC1CN(C(C)C)C(=O)N1. The van der Waals surface area contributed by atoms with Crippen LogP contribution < -0.4 is 10.6 Å². The molecule has 2 amide bonds. The summed E-state index contributed by atoms with van der Waals surface area (Å²) >= 11 is 0. The molecular formula is C8H17N3O. The molecule has 1 rings (SSSR count). The third-order valence-corrected chi connectivity index (χ3v) is 2.08. The molecule has 1 aliphatic heterocycles. The zero-order valence-corrected chi connectivity index (χ0v) is 7.92. The van der Waals surface area contributed by atoms with Crippen molar-refractivity contribution < 1.29 is 4.79 Å². The number of likely N-dealkylation sites (N-methyl/N-ethyl adjacent to an activating group) is 1. The Labute approximate surface area is 73.3 Å². The molecule has 4 nitrogen and oxygen atoms in total. The van der Waals surface area contributed by atoms with Gasteiger partial charge in [-0.15, -0.1) is 0 Å². The highest BCUT2D eigenvalue weighted by molar-refractivity contribution is 5.77. The van der Waals surface area contributed by atoms with Crippen LogP contribution in [0.15, 0.2) is 0 Å². The number of nitrogens with one attached hydrogen (secondary N) is 2. The molecular weight excluding hydrogens is 154 g/mol. The molecule has 2 N–H and O–H groups in total. The van der Waals surface area contributed by atoms with Crippen molar-refractivity contribution in [3.05, 3.63) is 0 Å². The van der Waals surface area contributed by atoms with Crippen LogP contribution in [0.4, 0.5) is 4.79 Å². The Morgan fingerprint density at radius 2 is 2.42 bits per heavy atom. The van der Waals surface area contributed by atoms with Crippen molar-refractivity contribution in [2.45, 2.75) is 25.9 Å². The van der Waals surface area contributed by atoms with Crippen LogP contribution in [-0.4, -0.2) is 43.2 Å². The Morgan fingerprint density at radius 1 is 1.75 bits per heavy atom. The van der Waals surface area contributed by atoms with Gasteiger partial charge in [0.15, 0.2) is 0 Å². The topological polar surface area (TPSA) is 44.4 Å². The first-order valence-corrected chi connectivity index (χ1v) is 4.37. The first-order chi connectivity index (χ1) is 5.65. The second kappa shape index (κ2) is 3.76. The Morgan fingerprint density at radius 3 is 2.83 bits per heavy atom. The highest BCUT2D eigenvalue weighted by Gasteiger charge is 2.29. The predicted octanol–water partition coefficient (Wildman–Crippen LogP) is 0.00800. The van der Waals surface area contributed by atoms with E-state index in [0.29, 0.717) is 6.04 Å². The second-order valence-electron chi connectivity index (χ2n) is 3.45. The fraction of sp³-hybridized carbons (Fsp3) is 0.875. The lowest BCUT2D eigenvalue weighted by Crippen LogP contribution is -2.35. The van der Waals surface area contributed by atoms with E-state index in [9.17, 15) is 4.79 Å². The predicted molar refractivity (Wildman–Crippen MR) is 48.1 cm³/mol. The number of nitrogens with zero attached hydrogens (tertiary/aromatic N) is 1. The molecule has 0 spiro atoms. The van der Waals surface area contributed by atoms with Crippen LogP contribution in [0.25, 0.3) is 0 Å². The van der Waals surface area contributed by atoms with Gasteiger partial charge < -0.3 is 15.5 Å². The quantitative estimate of drug-likeness (QED) is 0.628. The second-order valence-corrected chi connectivity index (χ2v) is 3.45. The summed E-state index contributed by atoms with van der Waals surface area (Å²) < 4.78 is 0. The molecule has 1 fully saturated rings. The summed E-state index contributed by atoms with van der Waals surface area (Å²) in [5.74, 6) is 0. The normalized spacial score (nSPS) is 23.5. The van der Waals surface area contributed by atoms with Gasteiger partial charge in [0.25, 0.3) is 0 Å². The Kier molecular flexibility index (Phi) is 2.92. The van der Waals surface area contributed by atoms with Crippen LogP contribution in [-0.2, 0) is 0 Å². The summed E-state index contributed by atoms with van der Waals surface area (Å²) in [4.78, 5) is 13.1. The molecule has 4 heteroatoms. The van der Waals surface area contributed by atoms with Crippen molar-refractivity contribution in [3.63, 3.8) is 0 Å². The number of amides is 2. The molecule has 1 aliphatic rings. The molecule has 0 aromatic carbocycles. The molecule has 1 saturated heterocycles. The zero-order valence-electron chi connectivity index (χ0n) is 7.92. The maximum Gasteiger partial charge on any atom is 0.318 e. The molecule has 0 saturated carbocycles. The number of carbonyl (C=O) groups excluding carboxylic acids is 1. The van der Waals surface area contributed by atoms with Gasteiger partial charge in [-0.25, -0.2) is 4.79 Å². The van der Waals surface area contributed by atoms with Gasteiger partial charge in [0.1, 0.15) is 0 Å². The monoisotopic (exact) mass is 171 g/mol. The van der Waals surface area contributed by atoms with Gasteiger partial charge in [0.05, 0.1) is 6.04 Å². The zero-order chi connectivity index (χ0) is 9.14. The van der Waals surface area contributed by atoms with Crippen LogP contribution in [0.5, 0.6) is 0 Å². The highest BCUT2D eigenvalue weighted by atomic mass is 16.2. The number of rotatable bonds is 3. The third-order valence-electron chi connectivity index (χ3n) is 2.08. The smallest absolute Gasteiger partial charge is 0.318 e. The summed E-state index contributed by atoms with van der Waals surface area (Å²) in [6.07, 6.45) is 0. The van der Waals surface area contributed by atoms with Gasteiger partial charge in [-0.1, -0.05) is 0 Å². The van der Waals surface area contributed by atoms with Gasteiger partial charge in [-0.2, -0.15) is 0 Å². The minimum atomic E-state index is 0.0604. The van der Waals surface area contributed by atoms with E-state index in [1.165, 1.54) is 0 Å². The molecule has 1 unspecified atom stereocenters. The summed E-state index contributed by atoms with van der Waals surface area (Å²) in [5.41, 5.74) is 0. The van der Waals surface area contributed by atoms with Crippen LogP contribution in [0.3, 0.4) is 0 Å². The molecule has 1 atom stereocenters. The summed E-state index contributed by atoms with van der Waals surface area (Å²) in [7, 11) is 1.89. The minimum absolute atomic E-state index is 0.0604. The average molecular weight is 171 g/mol. The summed E-state index contributed by atoms with van der Waals surface area (Å²) in [6, 6.07) is 0.627. The summed E-state index contributed by atoms with van der Waals surface area (Å²) in [5, 5.41) is 5.96. The van der Waals surface area contributed by atoms with Gasteiger partial charge in [-0.05, 0) is 20.9 Å². The van der Waals surface area contributed by atoms with Crippen molar-refractivity contribution >= 4 is 6.03 Å². The van der Waals surface area contributed by atoms with Crippen LogP contribution in [0, 0.1) is 0 Å². The largest absolute Gasteiger partial charge is 0.332 e. The van der Waals surface area contributed by atoms with E-state index in [1.54, 1.807) is 0 Å². The Bertz CT molecular complexity index is 170. The van der Waals surface area contributed by atoms with Gasteiger partial charge in [-0.3, -0.25) is 0 Å². The van der Waals surface area contributed by atoms with E-state index >= 15 is 0 Å². The van der Waals surface area contributed by atoms with Crippen molar-refractivity contribution in [1.82, 2.24) is 15.5 Å². The van der Waals surface area contributed by atoms with E-state index in [4.69, 9.17) is 0 Å². The van der Waals surface area contributed by atoms with Gasteiger partial charge in [0, 0.05) is 19.1 Å². The van der Waals surface area contributed by atoms with E-state index in [2.05, 4.69) is 10.6 Å². The lowest BCUT2D eigenvalue weighted by Gasteiger charge is -2.18. The Hall–Kier alpha value is -0.770. The van der Waals surface area contributed by atoms with E-state index in [1.807, 2.05) is 25.8 Å². The third kappa shape index (κ3) is 1.88. The maximum atomic E-state index is 11.3. The fourth-order valence-corrected chi connectivity index (χ4v) is 1.43. The van der Waals surface area contributed by atoms with Crippen molar-refractivity contribution in [1.29, 1.82) is 0 Å². The molecule has 0 bridgehead atoms. The minimum Gasteiger partial charge on any atom is -0.332 e. The molecule has 12 heavy (non-hydrogen) atoms. The molecule has 0 radical (unpaired) electrons. The van der Waals surface area contributed by atoms with Gasteiger partial charge >= 0.3 is 6.03 Å². The van der Waals surface area contributed by atoms with E-state index < -0.39 is 0 Å². The van der Waals surface area contributed by atoms with Gasteiger partial charge in [0.2, 0.25) is 0 Å². The maximum absolute atomic E-state index is 11.3. The number of hydrogen-bond acceptors (Lipinski definition) is 2. The standard InChI is InChI=1S/C8H17N3O/c1-6(2)11-5-7(4-9-3)10-8(11)12/h6-7,9H,4-5H2,1-3H3,(H,10,12). The first kappa shape index (κ1) is 9.32. The molecule has 70 valence electrons. The lowest BCUT2D eigenvalue weighted by atomic mass is 10.3. The molecule has 1 heterocycles. The Balaban J connectivity index is 2.45. The van der Waals surface area contributed by atoms with Crippen molar-refractivity contribution in [2.75, 3.05) is 20.1 Å². The van der Waals surface area contributed by atoms with Crippen molar-refractivity contribution in [2.24, 2.45) is 0 Å². The lowest BCUT2D eigenvalue weighted by molar-refractivity contribution is 0.206. The first-order valence-electron chi connectivity index (χ1n) is 4.37. The number of urea groups is 1. The van der Waals surface area contributed by atoms with Crippen LogP contribution in [0.2, 0.25) is 0 Å².